The number of hydrogen-bond donors (Lipinski definition) is 4. The fourth-order valence-corrected chi connectivity index (χ4v) is 2.18. The van der Waals surface area contributed by atoms with E-state index in [9.17, 15) is 19.2 Å². The Bertz CT molecular complexity index is 1180. The second kappa shape index (κ2) is 7.48. The van der Waals surface area contributed by atoms with Gasteiger partial charge in [-0.15, -0.1) is 0 Å². The fraction of sp³-hybridized carbons (Fsp3) is 0.143. The molecule has 28 heavy (non-hydrogen) atoms. The van der Waals surface area contributed by atoms with Crippen molar-refractivity contribution < 1.29 is 9.59 Å². The van der Waals surface area contributed by atoms with E-state index in [1.807, 2.05) is 0 Å². The molecule has 4 aromatic rings. The molecule has 0 radical (unpaired) electrons. The van der Waals surface area contributed by atoms with E-state index >= 15 is 0 Å². The van der Waals surface area contributed by atoms with Gasteiger partial charge in [0.2, 0.25) is 0 Å². The molecule has 0 aliphatic rings. The lowest BCUT2D eigenvalue weighted by atomic mass is 10.3. The van der Waals surface area contributed by atoms with E-state index in [2.05, 4.69) is 40.8 Å². The third-order valence-electron chi connectivity index (χ3n) is 3.56. The van der Waals surface area contributed by atoms with Crippen LogP contribution >= 0.6 is 0 Å². The lowest BCUT2D eigenvalue weighted by molar-refractivity contribution is 0.0952. The summed E-state index contributed by atoms with van der Waals surface area (Å²) >= 11 is 0. The zero-order chi connectivity index (χ0) is 20.3. The highest BCUT2D eigenvalue weighted by Gasteiger charge is 2.13. The number of amides is 2. The fourth-order valence-electron chi connectivity index (χ4n) is 2.18. The topological polar surface area (TPSA) is 184 Å². The van der Waals surface area contributed by atoms with Gasteiger partial charge in [0, 0.05) is 26.5 Å². The van der Waals surface area contributed by atoms with Crippen molar-refractivity contribution in [3.8, 4) is 0 Å². The third-order valence-corrected chi connectivity index (χ3v) is 3.56. The first-order valence-electron chi connectivity index (χ1n) is 7.74. The van der Waals surface area contributed by atoms with E-state index < -0.39 is 22.9 Å². The van der Waals surface area contributed by atoms with Crippen LogP contribution in [0.4, 0.5) is 0 Å². The molecule has 4 rings (SSSR count). The van der Waals surface area contributed by atoms with Gasteiger partial charge in [0.05, 0.1) is 0 Å². The highest BCUT2D eigenvalue weighted by Crippen LogP contribution is 1.92. The summed E-state index contributed by atoms with van der Waals surface area (Å²) in [5, 5.41) is 9.82. The molecule has 0 aromatic carbocycles. The average molecular weight is 386 g/mol. The van der Waals surface area contributed by atoms with Crippen LogP contribution in [0.5, 0.6) is 0 Å². The number of aromatic nitrogens is 8. The van der Waals surface area contributed by atoms with Crippen LogP contribution in [0.1, 0.15) is 20.7 Å². The number of carbonyl (C=O) groups excluding carboxylic acids is 2. The van der Waals surface area contributed by atoms with E-state index in [1.165, 1.54) is 39.1 Å². The Morgan fingerprint density at radius 3 is 1.54 bits per heavy atom. The molecule has 0 atom stereocenters. The molecule has 144 valence electrons. The van der Waals surface area contributed by atoms with Crippen LogP contribution in [-0.4, -0.2) is 65.1 Å². The molecule has 4 N–H and O–H groups in total. The zero-order valence-corrected chi connectivity index (χ0v) is 14.6. The molecule has 0 aliphatic carbocycles. The van der Waals surface area contributed by atoms with Crippen LogP contribution in [0.15, 0.2) is 34.6 Å². The minimum absolute atomic E-state index is 0.0192. The molecule has 14 heteroatoms. The molecule has 4 aromatic heterocycles. The highest BCUT2D eigenvalue weighted by molar-refractivity contribution is 5.93. The summed E-state index contributed by atoms with van der Waals surface area (Å²) < 4.78 is 2.20. The summed E-state index contributed by atoms with van der Waals surface area (Å²) in [5.74, 6) is -0.455. The minimum atomic E-state index is -0.466. The van der Waals surface area contributed by atoms with Crippen molar-refractivity contribution in [3.63, 3.8) is 0 Å². The van der Waals surface area contributed by atoms with Crippen LogP contribution in [0.2, 0.25) is 0 Å². The number of nitrogens with zero attached hydrogens (tertiary/aromatic N) is 6. The number of carbonyl (C=O) groups is 2. The largest absolute Gasteiger partial charge is 0.355 e. The van der Waals surface area contributed by atoms with Gasteiger partial charge in [0.15, 0.2) is 0 Å². The van der Waals surface area contributed by atoms with Crippen molar-refractivity contribution in [2.24, 2.45) is 0 Å². The number of fused-ring (bicyclic) bond motifs is 2. The summed E-state index contributed by atoms with van der Waals surface area (Å²) in [7, 11) is 2.90. The van der Waals surface area contributed by atoms with E-state index in [-0.39, 0.29) is 22.7 Å². The van der Waals surface area contributed by atoms with Crippen LogP contribution in [0.25, 0.3) is 11.6 Å². The molecule has 0 fully saturated rings. The van der Waals surface area contributed by atoms with Crippen LogP contribution in [-0.2, 0) is 0 Å². The van der Waals surface area contributed by atoms with Gasteiger partial charge in [-0.25, -0.2) is 19.9 Å². The number of rotatable bonds is 2. The monoisotopic (exact) mass is 386 g/mol. The first kappa shape index (κ1) is 18.4. The Kier molecular flexibility index (Phi) is 4.93. The van der Waals surface area contributed by atoms with Gasteiger partial charge in [0.25, 0.3) is 34.5 Å². The van der Waals surface area contributed by atoms with Gasteiger partial charge >= 0.3 is 0 Å². The minimum Gasteiger partial charge on any atom is -0.355 e. The molecule has 2 amide bonds. The van der Waals surface area contributed by atoms with Gasteiger partial charge in [-0.1, -0.05) is 0 Å². The standard InChI is InChI=1S/2C7H7N5O2/c2*1-8-5(13)4-2-9-7-10-3-11-12(7)6(4)14/h2*2-3H,1H3,(H,8,13)(H,9,10,11). The Labute approximate surface area is 154 Å². The summed E-state index contributed by atoms with van der Waals surface area (Å²) in [5.41, 5.74) is -0.970. The van der Waals surface area contributed by atoms with Gasteiger partial charge < -0.3 is 10.6 Å². The van der Waals surface area contributed by atoms with Crippen molar-refractivity contribution in [2.45, 2.75) is 0 Å². The van der Waals surface area contributed by atoms with Gasteiger partial charge in [-0.05, 0) is 0 Å². The number of H-pyrrole nitrogens is 2. The summed E-state index contributed by atoms with van der Waals surface area (Å²) in [6.45, 7) is 0. The predicted octanol–water partition coefficient (Wildman–Crippen LogP) is -2.45. The second-order valence-electron chi connectivity index (χ2n) is 5.16. The smallest absolute Gasteiger partial charge is 0.286 e. The molecular formula is C14H14N10O4. The quantitative estimate of drug-likeness (QED) is 0.292. The Balaban J connectivity index is 0.000000161. The molecule has 14 nitrogen and oxygen atoms in total. The Morgan fingerprint density at radius 1 is 0.786 bits per heavy atom. The predicted molar refractivity (Wildman–Crippen MR) is 94.0 cm³/mol. The number of aromatic amines is 2. The van der Waals surface area contributed by atoms with E-state index in [0.29, 0.717) is 0 Å². The lowest BCUT2D eigenvalue weighted by Crippen LogP contribution is -2.29. The van der Waals surface area contributed by atoms with Crippen LogP contribution in [0.3, 0.4) is 0 Å². The lowest BCUT2D eigenvalue weighted by Gasteiger charge is -1.97. The van der Waals surface area contributed by atoms with E-state index in [1.54, 1.807) is 0 Å². The van der Waals surface area contributed by atoms with Crippen molar-refractivity contribution in [1.82, 2.24) is 49.8 Å². The molecule has 4 heterocycles. The maximum atomic E-state index is 11.6. The van der Waals surface area contributed by atoms with Crippen molar-refractivity contribution in [1.29, 1.82) is 0 Å². The number of nitrogens with one attached hydrogen (secondary N) is 4. The van der Waals surface area contributed by atoms with Crippen molar-refractivity contribution in [3.05, 3.63) is 56.9 Å². The zero-order valence-electron chi connectivity index (χ0n) is 14.6. The molecule has 0 unspecified atom stereocenters. The van der Waals surface area contributed by atoms with Gasteiger partial charge in [-0.3, -0.25) is 29.4 Å². The molecule has 0 saturated carbocycles. The van der Waals surface area contributed by atoms with E-state index in [4.69, 9.17) is 0 Å². The Hall–Kier alpha value is -4.36. The third kappa shape index (κ3) is 3.20. The van der Waals surface area contributed by atoms with Crippen molar-refractivity contribution >= 4 is 23.4 Å². The van der Waals surface area contributed by atoms with Crippen molar-refractivity contribution in [2.75, 3.05) is 14.1 Å². The maximum Gasteiger partial charge on any atom is 0.286 e. The summed E-state index contributed by atoms with van der Waals surface area (Å²) in [6, 6.07) is 0. The molecule has 0 spiro atoms. The molecule has 0 aliphatic heterocycles. The first-order valence-corrected chi connectivity index (χ1v) is 7.74. The average Bonchev–Trinajstić information content (AvgIpc) is 3.38. The van der Waals surface area contributed by atoms with Gasteiger partial charge in [-0.2, -0.15) is 9.03 Å². The van der Waals surface area contributed by atoms with Crippen LogP contribution < -0.4 is 21.8 Å². The van der Waals surface area contributed by atoms with E-state index in [0.717, 1.165) is 9.03 Å². The summed E-state index contributed by atoms with van der Waals surface area (Å²) in [6.07, 6.45) is 5.07. The number of hydrogen-bond acceptors (Lipinski definition) is 8. The molecule has 0 bridgehead atoms. The van der Waals surface area contributed by atoms with Crippen LogP contribution in [0, 0.1) is 0 Å². The molecular weight excluding hydrogens is 372 g/mol. The first-order chi connectivity index (χ1) is 13.5. The SMILES string of the molecule is CNC(=O)c1cnc2nc[nH]n2c1=O.CNC(=O)c1cnc2nc[nH]n2c1=O. The highest BCUT2D eigenvalue weighted by atomic mass is 16.2. The second-order valence-corrected chi connectivity index (χ2v) is 5.16. The molecule has 0 saturated heterocycles. The maximum absolute atomic E-state index is 11.6. The summed E-state index contributed by atoms with van der Waals surface area (Å²) in [4.78, 5) is 60.8. The normalized spacial score (nSPS) is 10.4. The Morgan fingerprint density at radius 2 is 1.18 bits per heavy atom. The van der Waals surface area contributed by atoms with Gasteiger partial charge in [0.1, 0.15) is 23.8 Å².